The number of methoxy groups -OCH3 is 2. The van der Waals surface area contributed by atoms with Crippen LogP contribution < -0.4 is 14.8 Å². The third kappa shape index (κ3) is 4.57. The Labute approximate surface area is 203 Å². The van der Waals surface area contributed by atoms with Crippen molar-refractivity contribution in [2.24, 2.45) is 5.41 Å². The second-order valence-corrected chi connectivity index (χ2v) is 10.8. The lowest BCUT2D eigenvalue weighted by Gasteiger charge is -2.39. The molecule has 0 saturated heterocycles. The van der Waals surface area contributed by atoms with E-state index in [-0.39, 0.29) is 23.3 Å². The third-order valence-corrected chi connectivity index (χ3v) is 7.54. The van der Waals surface area contributed by atoms with Gasteiger partial charge in [-0.05, 0) is 62.1 Å². The Kier molecular flexibility index (Phi) is 6.63. The van der Waals surface area contributed by atoms with Crippen LogP contribution in [0.1, 0.15) is 70.8 Å². The van der Waals surface area contributed by atoms with Gasteiger partial charge in [0.05, 0.1) is 19.8 Å². The van der Waals surface area contributed by atoms with Crippen LogP contribution in [0.25, 0.3) is 0 Å². The minimum absolute atomic E-state index is 0.0547. The largest absolute Gasteiger partial charge is 0.493 e. The smallest absolute Gasteiger partial charge is 0.337 e. The van der Waals surface area contributed by atoms with Crippen LogP contribution in [0.3, 0.4) is 0 Å². The van der Waals surface area contributed by atoms with Crippen LogP contribution in [-0.2, 0) is 14.3 Å². The lowest BCUT2D eigenvalue weighted by Crippen LogP contribution is -2.39. The molecule has 1 saturated carbocycles. The first-order chi connectivity index (χ1) is 15.6. The number of halogens is 1. The number of ketones is 1. The molecular formula is C26H32BrNO5. The van der Waals surface area contributed by atoms with Crippen LogP contribution in [0, 0.1) is 5.41 Å². The molecular weight excluding hydrogens is 486 g/mol. The molecule has 178 valence electrons. The SMILES string of the molecule is COc1cc(Br)c(C2C(C(=O)OC3CCCC3)=C(C)NC3=C2C(=O)CC(C)(C)C3)cc1OC. The van der Waals surface area contributed by atoms with Crippen LogP contribution in [-0.4, -0.2) is 32.1 Å². The number of carbonyl (C=O) groups is 2. The quantitative estimate of drug-likeness (QED) is 0.515. The van der Waals surface area contributed by atoms with E-state index in [2.05, 4.69) is 35.1 Å². The second kappa shape index (κ2) is 9.16. The Morgan fingerprint density at radius 2 is 1.73 bits per heavy atom. The summed E-state index contributed by atoms with van der Waals surface area (Å²) in [7, 11) is 3.16. The van der Waals surface area contributed by atoms with Crippen LogP contribution >= 0.6 is 15.9 Å². The van der Waals surface area contributed by atoms with Gasteiger partial charge in [-0.15, -0.1) is 0 Å². The van der Waals surface area contributed by atoms with E-state index in [4.69, 9.17) is 14.2 Å². The molecule has 1 fully saturated rings. The van der Waals surface area contributed by atoms with E-state index in [1.807, 2.05) is 19.1 Å². The van der Waals surface area contributed by atoms with Crippen molar-refractivity contribution in [1.82, 2.24) is 5.32 Å². The van der Waals surface area contributed by atoms with E-state index < -0.39 is 5.92 Å². The molecule has 0 amide bonds. The average Bonchev–Trinajstić information content (AvgIpc) is 3.24. The van der Waals surface area contributed by atoms with Crippen LogP contribution in [0.5, 0.6) is 11.5 Å². The highest BCUT2D eigenvalue weighted by molar-refractivity contribution is 9.10. The fourth-order valence-electron chi connectivity index (χ4n) is 5.33. The van der Waals surface area contributed by atoms with E-state index in [9.17, 15) is 9.59 Å². The molecule has 0 aromatic heterocycles. The first-order valence-corrected chi connectivity index (χ1v) is 12.3. The van der Waals surface area contributed by atoms with Crippen molar-refractivity contribution in [2.75, 3.05) is 14.2 Å². The Morgan fingerprint density at radius 3 is 2.36 bits per heavy atom. The predicted octanol–water partition coefficient (Wildman–Crippen LogP) is 5.56. The summed E-state index contributed by atoms with van der Waals surface area (Å²) in [6.07, 6.45) is 5.01. The molecule has 0 spiro atoms. The molecule has 1 atom stereocenters. The summed E-state index contributed by atoms with van der Waals surface area (Å²) >= 11 is 3.67. The summed E-state index contributed by atoms with van der Waals surface area (Å²) < 4.78 is 17.7. The highest BCUT2D eigenvalue weighted by Gasteiger charge is 2.44. The summed E-state index contributed by atoms with van der Waals surface area (Å²) in [6.45, 7) is 6.09. The lowest BCUT2D eigenvalue weighted by atomic mass is 9.68. The van der Waals surface area contributed by atoms with E-state index in [0.29, 0.717) is 29.1 Å². The molecule has 1 aromatic rings. The third-order valence-electron chi connectivity index (χ3n) is 6.85. The predicted molar refractivity (Wildman–Crippen MR) is 129 cm³/mol. The molecule has 4 rings (SSSR count). The zero-order chi connectivity index (χ0) is 23.9. The van der Waals surface area contributed by atoms with Crippen molar-refractivity contribution < 1.29 is 23.8 Å². The molecule has 7 heteroatoms. The summed E-state index contributed by atoms with van der Waals surface area (Å²) in [4.78, 5) is 27.0. The standard InChI is InChI=1S/C26H32BrNO5/c1-14-22(25(30)33-15-8-6-7-9-15)23(16-10-20(31-4)21(32-5)11-17(16)27)24-18(28-14)12-26(2,3)13-19(24)29/h10-11,15,23,28H,6-9,12-13H2,1-5H3. The molecule has 0 radical (unpaired) electrons. The van der Waals surface area contributed by atoms with Gasteiger partial charge in [-0.2, -0.15) is 0 Å². The number of hydrogen-bond donors (Lipinski definition) is 1. The van der Waals surface area contributed by atoms with Crippen LogP contribution in [0.2, 0.25) is 0 Å². The Balaban J connectivity index is 1.86. The van der Waals surface area contributed by atoms with Gasteiger partial charge in [0.1, 0.15) is 6.10 Å². The maximum Gasteiger partial charge on any atom is 0.337 e. The maximum absolute atomic E-state index is 13.5. The van der Waals surface area contributed by atoms with Crippen molar-refractivity contribution in [3.8, 4) is 11.5 Å². The number of hydrogen-bond acceptors (Lipinski definition) is 6. The number of ether oxygens (including phenoxy) is 3. The van der Waals surface area contributed by atoms with Crippen molar-refractivity contribution in [3.05, 3.63) is 44.7 Å². The number of dihydropyridines is 1. The summed E-state index contributed by atoms with van der Waals surface area (Å²) in [5.74, 6) is 0.263. The average molecular weight is 518 g/mol. The summed E-state index contributed by atoms with van der Waals surface area (Å²) in [6, 6.07) is 3.68. The zero-order valence-corrected chi connectivity index (χ0v) is 21.6. The maximum atomic E-state index is 13.5. The van der Waals surface area contributed by atoms with Gasteiger partial charge < -0.3 is 19.5 Å². The number of Topliss-reactive ketones (excluding diaryl/α,β-unsaturated/α-hetero) is 1. The zero-order valence-electron chi connectivity index (χ0n) is 20.0. The van der Waals surface area contributed by atoms with Gasteiger partial charge in [-0.1, -0.05) is 29.8 Å². The van der Waals surface area contributed by atoms with Crippen molar-refractivity contribution in [3.63, 3.8) is 0 Å². The van der Waals surface area contributed by atoms with E-state index in [1.54, 1.807) is 14.2 Å². The molecule has 1 heterocycles. The van der Waals surface area contributed by atoms with Gasteiger partial charge in [0.15, 0.2) is 17.3 Å². The molecule has 33 heavy (non-hydrogen) atoms. The molecule has 3 aliphatic rings. The monoisotopic (exact) mass is 517 g/mol. The highest BCUT2D eigenvalue weighted by atomic mass is 79.9. The molecule has 1 aromatic carbocycles. The van der Waals surface area contributed by atoms with E-state index in [1.165, 1.54) is 0 Å². The number of allylic oxidation sites excluding steroid dienone is 3. The van der Waals surface area contributed by atoms with E-state index in [0.717, 1.165) is 53.5 Å². The topological polar surface area (TPSA) is 73.9 Å². The highest BCUT2D eigenvalue weighted by Crippen LogP contribution is 2.50. The van der Waals surface area contributed by atoms with Gasteiger partial charge >= 0.3 is 5.97 Å². The van der Waals surface area contributed by atoms with Gasteiger partial charge in [-0.3, -0.25) is 4.79 Å². The molecule has 1 unspecified atom stereocenters. The molecule has 0 bridgehead atoms. The number of rotatable bonds is 5. The first kappa shape index (κ1) is 23.9. The fraction of sp³-hybridized carbons (Fsp3) is 0.538. The molecule has 1 N–H and O–H groups in total. The number of nitrogens with one attached hydrogen (secondary N) is 1. The summed E-state index contributed by atoms with van der Waals surface area (Å²) in [5.41, 5.74) is 3.39. The molecule has 1 aliphatic heterocycles. The minimum Gasteiger partial charge on any atom is -0.493 e. The Bertz CT molecular complexity index is 1050. The lowest BCUT2D eigenvalue weighted by molar-refractivity contribution is -0.144. The van der Waals surface area contributed by atoms with Gasteiger partial charge in [0.2, 0.25) is 0 Å². The van der Waals surface area contributed by atoms with Crippen molar-refractivity contribution in [2.45, 2.75) is 71.3 Å². The normalized spacial score (nSPS) is 22.7. The Hall–Kier alpha value is -2.28. The number of esters is 1. The van der Waals surface area contributed by atoms with Crippen LogP contribution in [0.4, 0.5) is 0 Å². The molecule has 2 aliphatic carbocycles. The van der Waals surface area contributed by atoms with Crippen LogP contribution in [0.15, 0.2) is 39.1 Å². The minimum atomic E-state index is -0.548. The van der Waals surface area contributed by atoms with Crippen molar-refractivity contribution >= 4 is 27.7 Å². The fourth-order valence-corrected chi connectivity index (χ4v) is 5.88. The summed E-state index contributed by atoms with van der Waals surface area (Å²) in [5, 5.41) is 3.40. The second-order valence-electron chi connectivity index (χ2n) is 9.97. The molecule has 6 nitrogen and oxygen atoms in total. The van der Waals surface area contributed by atoms with Gasteiger partial charge in [0.25, 0.3) is 0 Å². The van der Waals surface area contributed by atoms with Crippen molar-refractivity contribution in [1.29, 1.82) is 0 Å². The number of benzene rings is 1. The van der Waals surface area contributed by atoms with Gasteiger partial charge in [0, 0.05) is 33.8 Å². The first-order valence-electron chi connectivity index (χ1n) is 11.5. The van der Waals surface area contributed by atoms with E-state index >= 15 is 0 Å². The van der Waals surface area contributed by atoms with Gasteiger partial charge in [-0.25, -0.2) is 4.79 Å². The number of carbonyl (C=O) groups excluding carboxylic acids is 2. The Morgan fingerprint density at radius 1 is 1.09 bits per heavy atom.